The number of carbonyl (C=O) groups excluding carboxylic acids is 3. The van der Waals surface area contributed by atoms with E-state index in [2.05, 4.69) is 32.6 Å². The summed E-state index contributed by atoms with van der Waals surface area (Å²) in [4.78, 5) is 44.5. The molecule has 9 heteroatoms. The number of nitrogens with zero attached hydrogens (tertiary/aromatic N) is 3. The van der Waals surface area contributed by atoms with Gasteiger partial charge in [0, 0.05) is 51.9 Å². The van der Waals surface area contributed by atoms with Gasteiger partial charge in [-0.3, -0.25) is 19.4 Å². The van der Waals surface area contributed by atoms with Crippen LogP contribution in [0.5, 0.6) is 0 Å². The van der Waals surface area contributed by atoms with Crippen LogP contribution >= 0.6 is 0 Å². The van der Waals surface area contributed by atoms with E-state index in [0.717, 1.165) is 38.8 Å². The van der Waals surface area contributed by atoms with E-state index in [1.807, 2.05) is 25.1 Å². The Balaban J connectivity index is 1.25. The van der Waals surface area contributed by atoms with E-state index in [1.165, 1.54) is 10.5 Å². The highest BCUT2D eigenvalue weighted by atomic mass is 16.5. The van der Waals surface area contributed by atoms with E-state index in [4.69, 9.17) is 4.74 Å². The summed E-state index contributed by atoms with van der Waals surface area (Å²) in [6.07, 6.45) is 3.83. The van der Waals surface area contributed by atoms with Gasteiger partial charge < -0.3 is 15.4 Å². The van der Waals surface area contributed by atoms with E-state index in [0.29, 0.717) is 45.8 Å². The maximum Gasteiger partial charge on any atom is 0.326 e. The predicted octanol–water partition coefficient (Wildman–Crippen LogP) is 1.79. The zero-order valence-corrected chi connectivity index (χ0v) is 20.8. The highest BCUT2D eigenvalue weighted by Crippen LogP contribution is 2.30. The summed E-state index contributed by atoms with van der Waals surface area (Å²) in [6.45, 7) is 7.84. The molecule has 3 aliphatic rings. The van der Waals surface area contributed by atoms with Crippen molar-refractivity contribution in [2.24, 2.45) is 5.92 Å². The molecule has 0 bridgehead atoms. The molecule has 2 N–H and O–H groups in total. The molecule has 9 nitrogen and oxygen atoms in total. The molecule has 1 spiro atoms. The molecular weight excluding hydrogens is 446 g/mol. The van der Waals surface area contributed by atoms with Crippen LogP contribution in [0.4, 0.5) is 4.79 Å². The smallest absolute Gasteiger partial charge is 0.326 e. The van der Waals surface area contributed by atoms with Crippen molar-refractivity contribution in [3.05, 3.63) is 35.9 Å². The van der Waals surface area contributed by atoms with Gasteiger partial charge in [-0.05, 0) is 51.1 Å². The normalized spacial score (nSPS) is 24.2. The number of urea groups is 1. The minimum atomic E-state index is -0.830. The second kappa shape index (κ2) is 12.0. The van der Waals surface area contributed by atoms with Gasteiger partial charge >= 0.3 is 6.03 Å². The van der Waals surface area contributed by atoms with Gasteiger partial charge in [0.1, 0.15) is 5.54 Å². The predicted molar refractivity (Wildman–Crippen MR) is 132 cm³/mol. The summed E-state index contributed by atoms with van der Waals surface area (Å²) in [7, 11) is 0. The SMILES string of the molecule is CCOCCCNC(=O)C1CCN(CN2C(=O)NC3(CCCN(Cc4ccccc4)C3)C2=O)CC1. The number of carbonyl (C=O) groups is 3. The Morgan fingerprint density at radius 2 is 1.91 bits per heavy atom. The number of piperidine rings is 2. The molecule has 4 rings (SSSR count). The second-order valence-electron chi connectivity index (χ2n) is 9.92. The number of ether oxygens (including phenoxy) is 1. The third-order valence-corrected chi connectivity index (χ3v) is 7.33. The van der Waals surface area contributed by atoms with E-state index in [9.17, 15) is 14.4 Å². The second-order valence-corrected chi connectivity index (χ2v) is 9.92. The van der Waals surface area contributed by atoms with Gasteiger partial charge in [-0.2, -0.15) is 0 Å². The first-order valence-corrected chi connectivity index (χ1v) is 13.0. The van der Waals surface area contributed by atoms with Crippen LogP contribution in [0.25, 0.3) is 0 Å². The number of rotatable bonds is 10. The van der Waals surface area contributed by atoms with Gasteiger partial charge in [0.25, 0.3) is 5.91 Å². The van der Waals surface area contributed by atoms with Crippen LogP contribution in [0, 0.1) is 5.92 Å². The number of hydrogen-bond acceptors (Lipinski definition) is 6. The average molecular weight is 486 g/mol. The van der Waals surface area contributed by atoms with Crippen LogP contribution in [-0.4, -0.2) is 90.7 Å². The molecule has 1 aromatic carbocycles. The lowest BCUT2D eigenvalue weighted by molar-refractivity contribution is -0.135. The molecule has 0 aliphatic carbocycles. The van der Waals surface area contributed by atoms with Gasteiger partial charge in [0.15, 0.2) is 0 Å². The maximum atomic E-state index is 13.4. The molecule has 1 atom stereocenters. The number of amides is 4. The van der Waals surface area contributed by atoms with E-state index in [1.54, 1.807) is 0 Å². The fourth-order valence-electron chi connectivity index (χ4n) is 5.41. The Hall–Kier alpha value is -2.49. The fourth-order valence-corrected chi connectivity index (χ4v) is 5.41. The van der Waals surface area contributed by atoms with Gasteiger partial charge in [-0.1, -0.05) is 30.3 Å². The molecule has 0 radical (unpaired) electrons. The van der Waals surface area contributed by atoms with E-state index in [-0.39, 0.29) is 30.4 Å². The fraction of sp³-hybridized carbons (Fsp3) is 0.654. The topological polar surface area (TPSA) is 94.2 Å². The van der Waals surface area contributed by atoms with Gasteiger partial charge in [0.05, 0.1) is 6.67 Å². The summed E-state index contributed by atoms with van der Waals surface area (Å²) in [5.74, 6) is -0.0390. The molecule has 3 fully saturated rings. The quantitative estimate of drug-likeness (QED) is 0.388. The lowest BCUT2D eigenvalue weighted by Crippen LogP contribution is -2.58. The van der Waals surface area contributed by atoms with E-state index < -0.39 is 5.54 Å². The largest absolute Gasteiger partial charge is 0.382 e. The minimum Gasteiger partial charge on any atom is -0.382 e. The standard InChI is InChI=1S/C26H39N5O4/c1-2-35-17-7-13-27-23(32)22-10-15-29(16-11-22)20-31-24(33)26(28-25(31)34)12-6-14-30(19-26)18-21-8-4-3-5-9-21/h3-5,8-9,22H,2,6-7,10-20H2,1H3,(H,27,32)(H,28,34). The minimum absolute atomic E-state index is 0.0160. The first kappa shape index (κ1) is 25.6. The first-order valence-electron chi connectivity index (χ1n) is 13.0. The monoisotopic (exact) mass is 485 g/mol. The molecule has 35 heavy (non-hydrogen) atoms. The van der Waals surface area contributed by atoms with Crippen LogP contribution in [-0.2, 0) is 20.9 Å². The van der Waals surface area contributed by atoms with Crippen molar-refractivity contribution in [3.63, 3.8) is 0 Å². The van der Waals surface area contributed by atoms with Crippen molar-refractivity contribution >= 4 is 17.8 Å². The molecule has 1 aromatic rings. The van der Waals surface area contributed by atoms with Crippen molar-refractivity contribution < 1.29 is 19.1 Å². The summed E-state index contributed by atoms with van der Waals surface area (Å²) in [6, 6.07) is 9.93. The summed E-state index contributed by atoms with van der Waals surface area (Å²) in [5.41, 5.74) is 0.378. The zero-order valence-electron chi connectivity index (χ0n) is 20.8. The number of likely N-dealkylation sites (tertiary alicyclic amines) is 2. The molecule has 3 heterocycles. The van der Waals surface area contributed by atoms with Crippen molar-refractivity contribution in [1.82, 2.24) is 25.3 Å². The summed E-state index contributed by atoms with van der Waals surface area (Å²) in [5, 5.41) is 6.04. The Labute approximate surface area is 208 Å². The third-order valence-electron chi connectivity index (χ3n) is 7.33. The van der Waals surface area contributed by atoms with Crippen molar-refractivity contribution in [2.45, 2.75) is 51.1 Å². The number of nitrogens with one attached hydrogen (secondary N) is 2. The highest BCUT2D eigenvalue weighted by molar-refractivity contribution is 6.07. The third kappa shape index (κ3) is 6.39. The number of imide groups is 1. The molecule has 0 saturated carbocycles. The Morgan fingerprint density at radius 1 is 1.14 bits per heavy atom. The van der Waals surface area contributed by atoms with Crippen LogP contribution < -0.4 is 10.6 Å². The molecular formula is C26H39N5O4. The zero-order chi connectivity index (χ0) is 24.7. The number of benzene rings is 1. The van der Waals surface area contributed by atoms with E-state index >= 15 is 0 Å². The molecule has 3 saturated heterocycles. The Kier molecular flexibility index (Phi) is 8.75. The Bertz CT molecular complexity index is 874. The molecule has 1 unspecified atom stereocenters. The summed E-state index contributed by atoms with van der Waals surface area (Å²) < 4.78 is 5.30. The number of hydrogen-bond donors (Lipinski definition) is 2. The molecule has 4 amide bonds. The van der Waals surface area contributed by atoms with Gasteiger partial charge in [-0.15, -0.1) is 0 Å². The first-order chi connectivity index (χ1) is 17.0. The maximum absolute atomic E-state index is 13.4. The Morgan fingerprint density at radius 3 is 2.66 bits per heavy atom. The molecule has 3 aliphatic heterocycles. The van der Waals surface area contributed by atoms with Crippen LogP contribution in [0.1, 0.15) is 44.6 Å². The van der Waals surface area contributed by atoms with Crippen LogP contribution in [0.2, 0.25) is 0 Å². The molecule has 192 valence electrons. The summed E-state index contributed by atoms with van der Waals surface area (Å²) >= 11 is 0. The van der Waals surface area contributed by atoms with Crippen molar-refractivity contribution in [2.75, 3.05) is 52.6 Å². The average Bonchev–Trinajstić information content (AvgIpc) is 3.08. The van der Waals surface area contributed by atoms with Crippen molar-refractivity contribution in [1.29, 1.82) is 0 Å². The lowest BCUT2D eigenvalue weighted by atomic mass is 9.88. The van der Waals surface area contributed by atoms with Gasteiger partial charge in [-0.25, -0.2) is 9.69 Å². The van der Waals surface area contributed by atoms with Gasteiger partial charge in [0.2, 0.25) is 5.91 Å². The van der Waals surface area contributed by atoms with Crippen molar-refractivity contribution in [3.8, 4) is 0 Å². The lowest BCUT2D eigenvalue weighted by Gasteiger charge is -2.38. The highest BCUT2D eigenvalue weighted by Gasteiger charge is 2.53. The molecule has 0 aromatic heterocycles. The van der Waals surface area contributed by atoms with Crippen LogP contribution in [0.3, 0.4) is 0 Å². The van der Waals surface area contributed by atoms with Crippen LogP contribution in [0.15, 0.2) is 30.3 Å².